The minimum absolute atomic E-state index is 0.00983. The first-order valence-electron chi connectivity index (χ1n) is 10.3. The van der Waals surface area contributed by atoms with Gasteiger partial charge in [-0.25, -0.2) is 4.79 Å². The molecule has 0 radical (unpaired) electrons. The maximum Gasteiger partial charge on any atom is 0.344 e. The number of carbonyl (C=O) groups is 1. The van der Waals surface area contributed by atoms with Crippen LogP contribution in [0.4, 0.5) is 0 Å². The highest BCUT2D eigenvalue weighted by Crippen LogP contribution is 2.40. The molecule has 0 atom stereocenters. The van der Waals surface area contributed by atoms with Crippen molar-refractivity contribution in [2.45, 2.75) is 6.92 Å². The summed E-state index contributed by atoms with van der Waals surface area (Å²) in [4.78, 5) is 26.7. The molecule has 3 aromatic carbocycles. The molecule has 1 aromatic heterocycles. The van der Waals surface area contributed by atoms with Gasteiger partial charge in [0.15, 0.2) is 17.3 Å². The van der Waals surface area contributed by atoms with Crippen molar-refractivity contribution >= 4 is 40.1 Å². The lowest BCUT2D eigenvalue weighted by molar-refractivity contribution is 0.0730. The fourth-order valence-corrected chi connectivity index (χ4v) is 3.95. The van der Waals surface area contributed by atoms with Gasteiger partial charge in [0.1, 0.15) is 5.58 Å². The summed E-state index contributed by atoms with van der Waals surface area (Å²) in [5.74, 6) is -0.364. The lowest BCUT2D eigenvalue weighted by Gasteiger charge is -2.15. The Hall–Kier alpha value is -3.68. The molecule has 4 rings (SSSR count). The summed E-state index contributed by atoms with van der Waals surface area (Å²) in [5.41, 5.74) is 0.859. The lowest BCUT2D eigenvalue weighted by Crippen LogP contribution is -2.17. The van der Waals surface area contributed by atoms with Crippen molar-refractivity contribution in [3.05, 3.63) is 79.9 Å². The molecule has 180 valence electrons. The number of halogens is 2. The number of ether oxygens (including phenoxy) is 4. The summed E-state index contributed by atoms with van der Waals surface area (Å²) in [5, 5.41) is 0.840. The van der Waals surface area contributed by atoms with Gasteiger partial charge in [0.05, 0.1) is 37.3 Å². The molecule has 7 nitrogen and oxygen atoms in total. The highest BCUT2D eigenvalue weighted by atomic mass is 35.5. The van der Waals surface area contributed by atoms with E-state index in [0.29, 0.717) is 21.4 Å². The van der Waals surface area contributed by atoms with Crippen LogP contribution >= 0.6 is 23.2 Å². The number of methoxy groups -OCH3 is 3. The van der Waals surface area contributed by atoms with Gasteiger partial charge in [-0.05, 0) is 48.9 Å². The van der Waals surface area contributed by atoms with Crippen molar-refractivity contribution < 1.29 is 28.2 Å². The van der Waals surface area contributed by atoms with Crippen molar-refractivity contribution in [1.29, 1.82) is 0 Å². The molecular weight excluding hydrogens is 495 g/mol. The molecule has 0 N–H and O–H groups in total. The molecule has 9 heteroatoms. The van der Waals surface area contributed by atoms with Gasteiger partial charge < -0.3 is 23.4 Å². The number of hydrogen-bond acceptors (Lipinski definition) is 7. The highest BCUT2D eigenvalue weighted by molar-refractivity contribution is 6.33. The number of aryl methyl sites for hydroxylation is 1. The molecule has 0 aliphatic rings. The lowest BCUT2D eigenvalue weighted by atomic mass is 10.1. The standard InChI is InChI=1S/C26H20Cl2O7/c1-13-9-19-16(12-18(13)28)22(29)25(23(34-19)15-7-5-6-8-17(15)27)35-26(30)14-10-20(31-2)24(33-4)21(11-14)32-3/h5-12H,1-4H3. The monoisotopic (exact) mass is 514 g/mol. The van der Waals surface area contributed by atoms with Crippen molar-refractivity contribution in [1.82, 2.24) is 0 Å². The molecule has 0 unspecified atom stereocenters. The normalized spacial score (nSPS) is 10.8. The third-order valence-corrected chi connectivity index (χ3v) is 6.08. The van der Waals surface area contributed by atoms with Crippen LogP contribution in [0, 0.1) is 6.92 Å². The summed E-state index contributed by atoms with van der Waals surface area (Å²) in [6, 6.07) is 12.7. The summed E-state index contributed by atoms with van der Waals surface area (Å²) in [6.45, 7) is 1.79. The fraction of sp³-hybridized carbons (Fsp3) is 0.154. The van der Waals surface area contributed by atoms with E-state index in [2.05, 4.69) is 0 Å². The summed E-state index contributed by atoms with van der Waals surface area (Å²) in [6.07, 6.45) is 0. The van der Waals surface area contributed by atoms with Crippen LogP contribution in [0.15, 0.2) is 57.7 Å². The molecule has 0 spiro atoms. The van der Waals surface area contributed by atoms with Gasteiger partial charge in [0.2, 0.25) is 16.9 Å². The number of rotatable bonds is 6. The smallest absolute Gasteiger partial charge is 0.344 e. The van der Waals surface area contributed by atoms with E-state index < -0.39 is 11.4 Å². The number of hydrogen-bond donors (Lipinski definition) is 0. The van der Waals surface area contributed by atoms with Crippen LogP contribution in [0.2, 0.25) is 10.0 Å². The van der Waals surface area contributed by atoms with E-state index in [1.54, 1.807) is 37.3 Å². The first-order chi connectivity index (χ1) is 16.8. The number of carbonyl (C=O) groups excluding carboxylic acids is 1. The van der Waals surface area contributed by atoms with Gasteiger partial charge in [-0.15, -0.1) is 0 Å². The second kappa shape index (κ2) is 9.90. The van der Waals surface area contributed by atoms with Crippen molar-refractivity contribution in [3.8, 4) is 34.3 Å². The summed E-state index contributed by atoms with van der Waals surface area (Å²) < 4.78 is 27.6. The van der Waals surface area contributed by atoms with E-state index in [1.807, 2.05) is 0 Å². The second-order valence-corrected chi connectivity index (χ2v) is 8.28. The molecule has 0 saturated carbocycles. The van der Waals surface area contributed by atoms with Gasteiger partial charge in [-0.3, -0.25) is 4.79 Å². The molecule has 0 amide bonds. The van der Waals surface area contributed by atoms with E-state index in [0.717, 1.165) is 5.56 Å². The topological polar surface area (TPSA) is 84.2 Å². The van der Waals surface area contributed by atoms with Gasteiger partial charge >= 0.3 is 5.97 Å². The van der Waals surface area contributed by atoms with E-state index in [-0.39, 0.29) is 39.5 Å². The predicted octanol–water partition coefficient (Wildman–Crippen LogP) is 6.32. The van der Waals surface area contributed by atoms with E-state index in [1.165, 1.54) is 39.5 Å². The molecule has 1 heterocycles. The molecule has 0 saturated heterocycles. The molecule has 35 heavy (non-hydrogen) atoms. The first kappa shape index (κ1) is 24.4. The summed E-state index contributed by atoms with van der Waals surface area (Å²) >= 11 is 12.6. The zero-order valence-corrected chi connectivity index (χ0v) is 20.7. The molecule has 0 bridgehead atoms. The van der Waals surface area contributed by atoms with E-state index >= 15 is 0 Å². The van der Waals surface area contributed by atoms with E-state index in [4.69, 9.17) is 46.6 Å². The van der Waals surface area contributed by atoms with Crippen LogP contribution in [0.3, 0.4) is 0 Å². The van der Waals surface area contributed by atoms with Gasteiger partial charge in [0.25, 0.3) is 0 Å². The van der Waals surface area contributed by atoms with Gasteiger partial charge in [-0.1, -0.05) is 35.3 Å². The van der Waals surface area contributed by atoms with Crippen LogP contribution in [-0.2, 0) is 0 Å². The van der Waals surface area contributed by atoms with Crippen molar-refractivity contribution in [2.24, 2.45) is 0 Å². The first-order valence-corrected chi connectivity index (χ1v) is 11.1. The van der Waals surface area contributed by atoms with Crippen LogP contribution in [0.1, 0.15) is 15.9 Å². The molecule has 0 fully saturated rings. The van der Waals surface area contributed by atoms with E-state index in [9.17, 15) is 9.59 Å². The average molecular weight is 515 g/mol. The van der Waals surface area contributed by atoms with Gasteiger partial charge in [0, 0.05) is 10.6 Å². The van der Waals surface area contributed by atoms with Gasteiger partial charge in [-0.2, -0.15) is 0 Å². The number of benzene rings is 3. The summed E-state index contributed by atoms with van der Waals surface area (Å²) in [7, 11) is 4.29. The number of esters is 1. The van der Waals surface area contributed by atoms with Crippen molar-refractivity contribution in [2.75, 3.05) is 21.3 Å². The van der Waals surface area contributed by atoms with Crippen LogP contribution in [-0.4, -0.2) is 27.3 Å². The van der Waals surface area contributed by atoms with Crippen LogP contribution < -0.4 is 24.4 Å². The Morgan fingerprint density at radius 1 is 0.857 bits per heavy atom. The minimum atomic E-state index is -0.845. The van der Waals surface area contributed by atoms with Crippen LogP contribution in [0.5, 0.6) is 23.0 Å². The molecule has 4 aromatic rings. The second-order valence-electron chi connectivity index (χ2n) is 7.47. The maximum atomic E-state index is 13.5. The zero-order valence-electron chi connectivity index (χ0n) is 19.2. The fourth-order valence-electron chi connectivity index (χ4n) is 3.56. The Labute approximate surface area is 210 Å². The number of fused-ring (bicyclic) bond motifs is 1. The Kier molecular flexibility index (Phi) is 6.91. The SMILES string of the molecule is COc1cc(C(=O)Oc2c(-c3ccccc3Cl)oc3cc(C)c(Cl)cc3c2=O)cc(OC)c1OC. The van der Waals surface area contributed by atoms with Crippen molar-refractivity contribution in [3.63, 3.8) is 0 Å². The highest BCUT2D eigenvalue weighted by Gasteiger charge is 2.25. The molecule has 0 aliphatic carbocycles. The predicted molar refractivity (Wildman–Crippen MR) is 134 cm³/mol. The molecule has 0 aliphatic heterocycles. The third kappa shape index (κ3) is 4.52. The minimum Gasteiger partial charge on any atom is -0.493 e. The Morgan fingerprint density at radius 2 is 1.51 bits per heavy atom. The Balaban J connectivity index is 1.92. The zero-order chi connectivity index (χ0) is 25.3. The molecular formula is C26H20Cl2O7. The van der Waals surface area contributed by atoms with Crippen LogP contribution in [0.25, 0.3) is 22.3 Å². The maximum absolute atomic E-state index is 13.5. The largest absolute Gasteiger partial charge is 0.493 e. The average Bonchev–Trinajstić information content (AvgIpc) is 2.86. The Bertz CT molecular complexity index is 1480. The Morgan fingerprint density at radius 3 is 2.11 bits per heavy atom. The quantitative estimate of drug-likeness (QED) is 0.278. The third-order valence-electron chi connectivity index (χ3n) is 5.34.